The van der Waals surface area contributed by atoms with E-state index >= 15 is 0 Å². The molecule has 27 heavy (non-hydrogen) atoms. The SMILES string of the molecule is O=C(CSc1nc2ccc(Cl)cc2[nH]1)Nc1ccccc1-c1ccccc1. The molecule has 4 rings (SSSR count). The third-order valence-electron chi connectivity index (χ3n) is 4.05. The molecule has 134 valence electrons. The summed E-state index contributed by atoms with van der Waals surface area (Å²) in [5.74, 6) is 0.179. The van der Waals surface area contributed by atoms with Crippen molar-refractivity contribution in [2.24, 2.45) is 0 Å². The van der Waals surface area contributed by atoms with Crippen molar-refractivity contribution in [3.63, 3.8) is 0 Å². The Morgan fingerprint density at radius 2 is 1.81 bits per heavy atom. The molecule has 1 heterocycles. The average Bonchev–Trinajstić information content (AvgIpc) is 3.09. The van der Waals surface area contributed by atoms with Gasteiger partial charge in [-0.15, -0.1) is 0 Å². The average molecular weight is 394 g/mol. The second-order valence-corrected chi connectivity index (χ2v) is 7.35. The zero-order valence-electron chi connectivity index (χ0n) is 14.3. The molecule has 0 aliphatic rings. The Hall–Kier alpha value is -2.76. The third kappa shape index (κ3) is 4.15. The summed E-state index contributed by atoms with van der Waals surface area (Å²) in [6, 6.07) is 23.3. The number of aromatic amines is 1. The van der Waals surface area contributed by atoms with Gasteiger partial charge in [-0.1, -0.05) is 71.9 Å². The Bertz CT molecular complexity index is 1090. The molecule has 0 spiro atoms. The molecular formula is C21H16ClN3OS. The zero-order chi connectivity index (χ0) is 18.6. The maximum Gasteiger partial charge on any atom is 0.234 e. The van der Waals surface area contributed by atoms with E-state index in [-0.39, 0.29) is 11.7 Å². The number of amides is 1. The Balaban J connectivity index is 1.45. The minimum Gasteiger partial charge on any atom is -0.333 e. The first-order chi connectivity index (χ1) is 13.2. The summed E-state index contributed by atoms with van der Waals surface area (Å²) in [7, 11) is 0. The number of halogens is 1. The molecule has 0 bridgehead atoms. The van der Waals surface area contributed by atoms with Crippen molar-refractivity contribution in [3.05, 3.63) is 77.8 Å². The van der Waals surface area contributed by atoms with Gasteiger partial charge in [0.2, 0.25) is 5.91 Å². The van der Waals surface area contributed by atoms with Crippen molar-refractivity contribution in [2.75, 3.05) is 11.1 Å². The van der Waals surface area contributed by atoms with Crippen molar-refractivity contribution in [1.82, 2.24) is 9.97 Å². The van der Waals surface area contributed by atoms with Crippen LogP contribution in [0.2, 0.25) is 5.02 Å². The molecule has 0 aliphatic heterocycles. The van der Waals surface area contributed by atoms with Crippen molar-refractivity contribution >= 4 is 46.0 Å². The van der Waals surface area contributed by atoms with Crippen LogP contribution in [0.4, 0.5) is 5.69 Å². The lowest BCUT2D eigenvalue weighted by molar-refractivity contribution is -0.113. The predicted octanol–water partition coefficient (Wildman–Crippen LogP) is 5.61. The number of para-hydroxylation sites is 1. The largest absolute Gasteiger partial charge is 0.333 e. The van der Waals surface area contributed by atoms with E-state index in [1.165, 1.54) is 11.8 Å². The predicted molar refractivity (Wildman–Crippen MR) is 112 cm³/mol. The number of hydrogen-bond acceptors (Lipinski definition) is 3. The van der Waals surface area contributed by atoms with Crippen molar-refractivity contribution in [3.8, 4) is 11.1 Å². The molecule has 4 aromatic rings. The smallest absolute Gasteiger partial charge is 0.234 e. The van der Waals surface area contributed by atoms with E-state index in [4.69, 9.17) is 11.6 Å². The molecule has 0 saturated heterocycles. The first-order valence-corrected chi connectivity index (χ1v) is 9.78. The monoisotopic (exact) mass is 393 g/mol. The van der Waals surface area contributed by atoms with Crippen LogP contribution in [0.5, 0.6) is 0 Å². The van der Waals surface area contributed by atoms with E-state index in [0.717, 1.165) is 27.8 Å². The molecule has 3 aromatic carbocycles. The minimum absolute atomic E-state index is 0.0816. The molecule has 0 aliphatic carbocycles. The number of benzene rings is 3. The second kappa shape index (κ2) is 7.86. The van der Waals surface area contributed by atoms with E-state index in [2.05, 4.69) is 15.3 Å². The molecule has 0 radical (unpaired) electrons. The Morgan fingerprint density at radius 1 is 1.04 bits per heavy atom. The highest BCUT2D eigenvalue weighted by molar-refractivity contribution is 7.99. The molecule has 0 unspecified atom stereocenters. The van der Waals surface area contributed by atoms with Crippen LogP contribution in [-0.4, -0.2) is 21.6 Å². The highest BCUT2D eigenvalue weighted by Gasteiger charge is 2.10. The summed E-state index contributed by atoms with van der Waals surface area (Å²) in [4.78, 5) is 20.1. The van der Waals surface area contributed by atoms with E-state index in [0.29, 0.717) is 10.2 Å². The van der Waals surface area contributed by atoms with Gasteiger partial charge in [0, 0.05) is 16.3 Å². The number of aromatic nitrogens is 2. The Morgan fingerprint density at radius 3 is 2.67 bits per heavy atom. The number of anilines is 1. The number of hydrogen-bond donors (Lipinski definition) is 2. The number of H-pyrrole nitrogens is 1. The number of carbonyl (C=O) groups excluding carboxylic acids is 1. The van der Waals surface area contributed by atoms with Crippen molar-refractivity contribution < 1.29 is 4.79 Å². The van der Waals surface area contributed by atoms with Crippen LogP contribution < -0.4 is 5.32 Å². The zero-order valence-corrected chi connectivity index (χ0v) is 15.8. The van der Waals surface area contributed by atoms with Crippen LogP contribution in [0.1, 0.15) is 0 Å². The topological polar surface area (TPSA) is 57.8 Å². The van der Waals surface area contributed by atoms with Gasteiger partial charge in [-0.05, 0) is 29.8 Å². The van der Waals surface area contributed by atoms with Crippen molar-refractivity contribution in [2.45, 2.75) is 5.16 Å². The van der Waals surface area contributed by atoms with Crippen molar-refractivity contribution in [1.29, 1.82) is 0 Å². The molecular weight excluding hydrogens is 378 g/mol. The third-order valence-corrected chi connectivity index (χ3v) is 5.16. The lowest BCUT2D eigenvalue weighted by Crippen LogP contribution is -2.14. The normalized spacial score (nSPS) is 10.9. The van der Waals surface area contributed by atoms with Gasteiger partial charge >= 0.3 is 0 Å². The summed E-state index contributed by atoms with van der Waals surface area (Å²) in [5.41, 5.74) is 4.55. The Labute approximate surface area is 166 Å². The summed E-state index contributed by atoms with van der Waals surface area (Å²) in [5, 5.41) is 4.34. The van der Waals surface area contributed by atoms with Gasteiger partial charge in [-0.25, -0.2) is 4.98 Å². The van der Waals surface area contributed by atoms with Crippen LogP contribution in [0.3, 0.4) is 0 Å². The van der Waals surface area contributed by atoms with Crippen LogP contribution in [-0.2, 0) is 4.79 Å². The number of nitrogens with one attached hydrogen (secondary N) is 2. The van der Waals surface area contributed by atoms with Crippen LogP contribution in [0, 0.1) is 0 Å². The second-order valence-electron chi connectivity index (χ2n) is 5.95. The van der Waals surface area contributed by atoms with Gasteiger partial charge in [0.25, 0.3) is 0 Å². The van der Waals surface area contributed by atoms with Gasteiger partial charge in [0.05, 0.1) is 16.8 Å². The van der Waals surface area contributed by atoms with Gasteiger partial charge in [0.1, 0.15) is 0 Å². The maximum atomic E-state index is 12.4. The standard InChI is InChI=1S/C21H16ClN3OS/c22-15-10-11-18-19(12-15)25-21(24-18)27-13-20(26)23-17-9-5-4-8-16(17)14-6-2-1-3-7-14/h1-12H,13H2,(H,23,26)(H,24,25). The minimum atomic E-state index is -0.0816. The van der Waals surface area contributed by atoms with E-state index in [9.17, 15) is 4.79 Å². The summed E-state index contributed by atoms with van der Waals surface area (Å²) in [6.45, 7) is 0. The number of rotatable bonds is 5. The molecule has 1 amide bonds. The van der Waals surface area contributed by atoms with E-state index in [1.54, 1.807) is 6.07 Å². The Kier molecular flexibility index (Phi) is 5.14. The first-order valence-electron chi connectivity index (χ1n) is 8.41. The molecule has 0 fully saturated rings. The molecule has 0 atom stereocenters. The fraction of sp³-hybridized carbons (Fsp3) is 0.0476. The fourth-order valence-electron chi connectivity index (χ4n) is 2.81. The number of thioether (sulfide) groups is 1. The quantitative estimate of drug-likeness (QED) is 0.433. The number of imidazole rings is 1. The summed E-state index contributed by atoms with van der Waals surface area (Å²) >= 11 is 7.35. The number of nitrogens with zero attached hydrogens (tertiary/aromatic N) is 1. The van der Waals surface area contributed by atoms with Gasteiger partial charge in [0.15, 0.2) is 5.16 Å². The van der Waals surface area contributed by atoms with Crippen LogP contribution in [0.15, 0.2) is 78.0 Å². The highest BCUT2D eigenvalue weighted by Crippen LogP contribution is 2.28. The lowest BCUT2D eigenvalue weighted by atomic mass is 10.0. The van der Waals surface area contributed by atoms with E-state index in [1.807, 2.05) is 66.7 Å². The van der Waals surface area contributed by atoms with Gasteiger partial charge in [-0.3, -0.25) is 4.79 Å². The fourth-order valence-corrected chi connectivity index (χ4v) is 3.67. The first kappa shape index (κ1) is 17.6. The van der Waals surface area contributed by atoms with Gasteiger partial charge < -0.3 is 10.3 Å². The lowest BCUT2D eigenvalue weighted by Gasteiger charge is -2.11. The molecule has 1 aromatic heterocycles. The number of carbonyl (C=O) groups is 1. The van der Waals surface area contributed by atoms with Crippen LogP contribution >= 0.6 is 23.4 Å². The molecule has 2 N–H and O–H groups in total. The van der Waals surface area contributed by atoms with E-state index < -0.39 is 0 Å². The van der Waals surface area contributed by atoms with Crippen LogP contribution in [0.25, 0.3) is 22.2 Å². The summed E-state index contributed by atoms with van der Waals surface area (Å²) < 4.78 is 0. The van der Waals surface area contributed by atoms with Gasteiger partial charge in [-0.2, -0.15) is 0 Å². The molecule has 0 saturated carbocycles. The molecule has 6 heteroatoms. The maximum absolute atomic E-state index is 12.4. The summed E-state index contributed by atoms with van der Waals surface area (Å²) in [6.07, 6.45) is 0. The molecule has 4 nitrogen and oxygen atoms in total. The highest BCUT2D eigenvalue weighted by atomic mass is 35.5. The number of fused-ring (bicyclic) bond motifs is 1.